The summed E-state index contributed by atoms with van der Waals surface area (Å²) in [4.78, 5) is 11.9. The first kappa shape index (κ1) is 15.0. The average molecular weight is 315 g/mol. The lowest BCUT2D eigenvalue weighted by Crippen LogP contribution is -2.40. The largest absolute Gasteiger partial charge is 0.399 e. The van der Waals surface area contributed by atoms with E-state index in [9.17, 15) is 9.90 Å². The summed E-state index contributed by atoms with van der Waals surface area (Å²) >= 11 is 3.29. The predicted octanol–water partition coefficient (Wildman–Crippen LogP) is 2.31. The van der Waals surface area contributed by atoms with Crippen LogP contribution < -0.4 is 11.1 Å². The Bertz CT molecular complexity index is 413. The zero-order chi connectivity index (χ0) is 13.8. The molecule has 100 valence electrons. The van der Waals surface area contributed by atoms with Crippen LogP contribution >= 0.6 is 15.9 Å². The molecule has 1 aromatic rings. The summed E-state index contributed by atoms with van der Waals surface area (Å²) < 4.78 is 0.757. The Hall–Kier alpha value is -1.07. The molecule has 0 radical (unpaired) electrons. The van der Waals surface area contributed by atoms with Crippen molar-refractivity contribution < 1.29 is 9.90 Å². The van der Waals surface area contributed by atoms with Gasteiger partial charge in [0.1, 0.15) is 0 Å². The van der Waals surface area contributed by atoms with E-state index < -0.39 is 5.60 Å². The molecule has 0 bridgehead atoms. The lowest BCUT2D eigenvalue weighted by atomic mass is 10.0. The van der Waals surface area contributed by atoms with Crippen molar-refractivity contribution in [2.75, 3.05) is 12.3 Å². The van der Waals surface area contributed by atoms with Crippen LogP contribution in [0.25, 0.3) is 0 Å². The van der Waals surface area contributed by atoms with Crippen LogP contribution in [-0.4, -0.2) is 23.2 Å². The van der Waals surface area contributed by atoms with Gasteiger partial charge in [-0.15, -0.1) is 0 Å². The first-order valence-electron chi connectivity index (χ1n) is 5.91. The second kappa shape index (κ2) is 6.20. The normalized spacial score (nSPS) is 14.0. The molecule has 0 spiro atoms. The van der Waals surface area contributed by atoms with Crippen LogP contribution in [-0.2, 0) is 0 Å². The fourth-order valence-electron chi connectivity index (χ4n) is 1.74. The molecule has 0 aromatic heterocycles. The van der Waals surface area contributed by atoms with Crippen LogP contribution in [0.2, 0.25) is 0 Å². The van der Waals surface area contributed by atoms with Gasteiger partial charge in [-0.05, 0) is 31.5 Å². The molecule has 0 fully saturated rings. The molecular formula is C13H19BrN2O2. The van der Waals surface area contributed by atoms with Crippen LogP contribution in [0.5, 0.6) is 0 Å². The quantitative estimate of drug-likeness (QED) is 0.730. The maximum atomic E-state index is 11.9. The van der Waals surface area contributed by atoms with Gasteiger partial charge in [0.2, 0.25) is 0 Å². The Labute approximate surface area is 116 Å². The number of hydrogen-bond acceptors (Lipinski definition) is 3. The third-order valence-corrected chi connectivity index (χ3v) is 3.06. The van der Waals surface area contributed by atoms with Crippen molar-refractivity contribution >= 4 is 27.5 Å². The van der Waals surface area contributed by atoms with Crippen molar-refractivity contribution in [2.45, 2.75) is 32.3 Å². The minimum Gasteiger partial charge on any atom is -0.399 e. The summed E-state index contributed by atoms with van der Waals surface area (Å²) in [6.45, 7) is 3.93. The van der Waals surface area contributed by atoms with Gasteiger partial charge in [-0.3, -0.25) is 4.79 Å². The van der Waals surface area contributed by atoms with E-state index in [2.05, 4.69) is 21.2 Å². The fourth-order valence-corrected chi connectivity index (χ4v) is 2.25. The number of nitrogens with two attached hydrogens (primary N) is 1. The molecule has 1 aromatic carbocycles. The minimum atomic E-state index is -0.873. The van der Waals surface area contributed by atoms with Crippen LogP contribution in [0, 0.1) is 0 Å². The zero-order valence-corrected chi connectivity index (χ0v) is 12.3. The molecule has 0 heterocycles. The van der Waals surface area contributed by atoms with Gasteiger partial charge in [0.05, 0.1) is 5.60 Å². The van der Waals surface area contributed by atoms with Gasteiger partial charge in [-0.1, -0.05) is 29.3 Å². The summed E-state index contributed by atoms with van der Waals surface area (Å²) in [6.07, 6.45) is 1.51. The Balaban J connectivity index is 2.66. The first-order valence-corrected chi connectivity index (χ1v) is 6.70. The van der Waals surface area contributed by atoms with Crippen molar-refractivity contribution in [3.63, 3.8) is 0 Å². The highest BCUT2D eigenvalue weighted by Gasteiger charge is 2.20. The molecule has 1 amide bonds. The fraction of sp³-hybridized carbons (Fsp3) is 0.462. The smallest absolute Gasteiger partial charge is 0.251 e. The molecule has 18 heavy (non-hydrogen) atoms. The molecule has 0 saturated heterocycles. The van der Waals surface area contributed by atoms with Crippen LogP contribution in [0.4, 0.5) is 5.69 Å². The average Bonchev–Trinajstić information content (AvgIpc) is 2.24. The molecule has 0 aliphatic carbocycles. The maximum absolute atomic E-state index is 11.9. The number of carbonyl (C=O) groups is 1. The standard InChI is InChI=1S/C13H19BrN2O2/c1-3-4-13(2,18)8-16-12(17)9-5-10(14)7-11(15)6-9/h5-7,18H,3-4,8,15H2,1-2H3,(H,16,17). The number of amides is 1. The third-order valence-electron chi connectivity index (χ3n) is 2.60. The number of benzene rings is 1. The van der Waals surface area contributed by atoms with Gasteiger partial charge < -0.3 is 16.2 Å². The SMILES string of the molecule is CCCC(C)(O)CNC(=O)c1cc(N)cc(Br)c1. The molecule has 0 aliphatic rings. The van der Waals surface area contributed by atoms with Crippen molar-refractivity contribution in [3.05, 3.63) is 28.2 Å². The third kappa shape index (κ3) is 4.66. The Kier molecular flexibility index (Phi) is 5.16. The van der Waals surface area contributed by atoms with E-state index in [-0.39, 0.29) is 12.5 Å². The molecule has 4 N–H and O–H groups in total. The Morgan fingerprint density at radius 2 is 2.17 bits per heavy atom. The second-order valence-corrected chi connectivity index (χ2v) is 5.62. The van der Waals surface area contributed by atoms with E-state index in [1.165, 1.54) is 0 Å². The first-order chi connectivity index (χ1) is 8.34. The van der Waals surface area contributed by atoms with Gasteiger partial charge in [0.15, 0.2) is 0 Å². The summed E-state index contributed by atoms with van der Waals surface area (Å²) in [5, 5.41) is 12.7. The maximum Gasteiger partial charge on any atom is 0.251 e. The molecule has 0 saturated carbocycles. The highest BCUT2D eigenvalue weighted by atomic mass is 79.9. The molecular weight excluding hydrogens is 296 g/mol. The number of halogens is 1. The lowest BCUT2D eigenvalue weighted by Gasteiger charge is -2.22. The van der Waals surface area contributed by atoms with Gasteiger partial charge in [-0.25, -0.2) is 0 Å². The van der Waals surface area contributed by atoms with E-state index >= 15 is 0 Å². The van der Waals surface area contributed by atoms with Gasteiger partial charge >= 0.3 is 0 Å². The van der Waals surface area contributed by atoms with Gasteiger partial charge in [-0.2, -0.15) is 0 Å². The summed E-state index contributed by atoms with van der Waals surface area (Å²) in [5.74, 6) is -0.237. The molecule has 1 rings (SSSR count). The van der Waals surface area contributed by atoms with E-state index in [0.717, 1.165) is 10.9 Å². The number of aliphatic hydroxyl groups is 1. The summed E-state index contributed by atoms with van der Waals surface area (Å²) in [6, 6.07) is 5.03. The number of nitrogen functional groups attached to an aromatic ring is 1. The van der Waals surface area contributed by atoms with E-state index in [1.54, 1.807) is 25.1 Å². The van der Waals surface area contributed by atoms with Gasteiger partial charge in [0, 0.05) is 22.3 Å². The van der Waals surface area contributed by atoms with E-state index in [0.29, 0.717) is 17.7 Å². The monoisotopic (exact) mass is 314 g/mol. The number of rotatable bonds is 5. The van der Waals surface area contributed by atoms with Crippen LogP contribution in [0.1, 0.15) is 37.0 Å². The van der Waals surface area contributed by atoms with Crippen molar-refractivity contribution in [1.29, 1.82) is 0 Å². The van der Waals surface area contributed by atoms with Crippen molar-refractivity contribution in [2.24, 2.45) is 0 Å². The summed E-state index contributed by atoms with van der Waals surface area (Å²) in [7, 11) is 0. The Morgan fingerprint density at radius 1 is 1.50 bits per heavy atom. The van der Waals surface area contributed by atoms with Crippen molar-refractivity contribution in [3.8, 4) is 0 Å². The van der Waals surface area contributed by atoms with Crippen LogP contribution in [0.15, 0.2) is 22.7 Å². The zero-order valence-electron chi connectivity index (χ0n) is 10.7. The van der Waals surface area contributed by atoms with Crippen molar-refractivity contribution in [1.82, 2.24) is 5.32 Å². The van der Waals surface area contributed by atoms with E-state index in [4.69, 9.17) is 5.73 Å². The lowest BCUT2D eigenvalue weighted by molar-refractivity contribution is 0.0469. The minimum absolute atomic E-state index is 0.228. The van der Waals surface area contributed by atoms with E-state index in [1.807, 2.05) is 6.92 Å². The molecule has 0 aliphatic heterocycles. The molecule has 1 atom stereocenters. The molecule has 1 unspecified atom stereocenters. The summed E-state index contributed by atoms with van der Waals surface area (Å²) in [5.41, 5.74) is 5.80. The van der Waals surface area contributed by atoms with Gasteiger partial charge in [0.25, 0.3) is 5.91 Å². The number of nitrogens with one attached hydrogen (secondary N) is 1. The number of hydrogen-bond donors (Lipinski definition) is 3. The number of anilines is 1. The highest BCUT2D eigenvalue weighted by Crippen LogP contribution is 2.17. The number of carbonyl (C=O) groups excluding carboxylic acids is 1. The molecule has 5 heteroatoms. The second-order valence-electron chi connectivity index (χ2n) is 4.70. The topological polar surface area (TPSA) is 75.3 Å². The predicted molar refractivity (Wildman–Crippen MR) is 76.4 cm³/mol. The van der Waals surface area contributed by atoms with Crippen LogP contribution in [0.3, 0.4) is 0 Å². The highest BCUT2D eigenvalue weighted by molar-refractivity contribution is 9.10. The Morgan fingerprint density at radius 3 is 2.72 bits per heavy atom. The molecule has 4 nitrogen and oxygen atoms in total.